The zero-order chi connectivity index (χ0) is 45.8. The lowest BCUT2D eigenvalue weighted by atomic mass is 10.1. The summed E-state index contributed by atoms with van der Waals surface area (Å²) in [6, 6.07) is 0. The molecule has 0 aliphatic heterocycles. The summed E-state index contributed by atoms with van der Waals surface area (Å²) >= 11 is 0. The van der Waals surface area contributed by atoms with Gasteiger partial charge in [0.05, 0.1) is 0 Å². The highest BCUT2D eigenvalue weighted by Gasteiger charge is 2.19. The molecule has 6 nitrogen and oxygen atoms in total. The van der Waals surface area contributed by atoms with Gasteiger partial charge in [-0.2, -0.15) is 0 Å². The van der Waals surface area contributed by atoms with Crippen LogP contribution in [0, 0.1) is 0 Å². The van der Waals surface area contributed by atoms with Gasteiger partial charge in [0.2, 0.25) is 0 Å². The molecule has 0 amide bonds. The molecule has 0 N–H and O–H groups in total. The maximum Gasteiger partial charge on any atom is 0.306 e. The zero-order valence-corrected chi connectivity index (χ0v) is 40.8. The average Bonchev–Trinajstić information content (AvgIpc) is 3.28. The van der Waals surface area contributed by atoms with Crippen LogP contribution in [0.5, 0.6) is 0 Å². The van der Waals surface area contributed by atoms with Crippen LogP contribution < -0.4 is 0 Å². The van der Waals surface area contributed by atoms with E-state index < -0.39 is 6.10 Å². The Bertz CT molecular complexity index is 1280. The van der Waals surface area contributed by atoms with Crippen LogP contribution in [0.1, 0.15) is 226 Å². The molecule has 0 saturated carbocycles. The molecule has 0 spiro atoms. The van der Waals surface area contributed by atoms with Gasteiger partial charge in [0.1, 0.15) is 13.2 Å². The van der Waals surface area contributed by atoms with Crippen LogP contribution in [0.25, 0.3) is 0 Å². The van der Waals surface area contributed by atoms with Crippen molar-refractivity contribution in [2.45, 2.75) is 232 Å². The lowest BCUT2D eigenvalue weighted by Gasteiger charge is -2.18. The standard InChI is InChI=1S/C57H94O6/c1-4-7-10-13-16-19-22-25-27-28-30-32-35-38-41-44-47-50-56(59)62-53-54(52-61-55(58)49-46-43-40-37-34-31-24-21-18-15-12-9-6-3)63-57(60)51-48-45-42-39-36-33-29-26-23-20-17-14-11-8-5-2/h9,12,15,18,20-21,23-25,27,30-32,34,38,41,54H,4-8,10-11,13-14,16-17,19,22,26,28-29,33,35-37,39-40,42-53H2,1-3H3/b12-9+,18-15+,23-20+,24-21+,27-25+,32-30+,34-31+,41-38+. The van der Waals surface area contributed by atoms with Gasteiger partial charge in [-0.05, 0) is 96.3 Å². The fourth-order valence-corrected chi connectivity index (χ4v) is 6.76. The number of esters is 3. The Morgan fingerprint density at radius 1 is 0.349 bits per heavy atom. The number of unbranched alkanes of at least 4 members (excludes halogenated alkanes) is 21. The van der Waals surface area contributed by atoms with Crippen LogP contribution in [0.3, 0.4) is 0 Å². The van der Waals surface area contributed by atoms with Crippen LogP contribution in [-0.4, -0.2) is 37.2 Å². The first kappa shape index (κ1) is 59.3. The summed E-state index contributed by atoms with van der Waals surface area (Å²) < 4.78 is 16.7. The fraction of sp³-hybridized carbons (Fsp3) is 0.667. The number of rotatable bonds is 45. The SMILES string of the molecule is CC/C=C/C=C/C=C/C=C/CCCCCC(=O)OCC(COC(=O)CCC/C=C/C/C=C/C/C=C/CCCCCCCC)OC(=O)CCCCCCCCC/C=C/CCCCCC. The number of ether oxygens (including phenoxy) is 3. The quantitative estimate of drug-likeness (QED) is 0.0199. The van der Waals surface area contributed by atoms with Crippen molar-refractivity contribution in [1.29, 1.82) is 0 Å². The molecule has 1 atom stereocenters. The summed E-state index contributed by atoms with van der Waals surface area (Å²) in [5.74, 6) is -1.01. The topological polar surface area (TPSA) is 78.9 Å². The molecule has 0 heterocycles. The van der Waals surface area contributed by atoms with E-state index in [0.717, 1.165) is 70.6 Å². The Labute approximate surface area is 387 Å². The molecular weight excluding hydrogens is 781 g/mol. The molecule has 0 aliphatic carbocycles. The minimum absolute atomic E-state index is 0.116. The van der Waals surface area contributed by atoms with E-state index in [0.29, 0.717) is 19.3 Å². The molecule has 358 valence electrons. The van der Waals surface area contributed by atoms with Crippen molar-refractivity contribution in [2.75, 3.05) is 13.2 Å². The van der Waals surface area contributed by atoms with Gasteiger partial charge in [-0.1, -0.05) is 208 Å². The molecule has 6 heteroatoms. The fourth-order valence-electron chi connectivity index (χ4n) is 6.76. The smallest absolute Gasteiger partial charge is 0.306 e. The first-order chi connectivity index (χ1) is 31.0. The second kappa shape index (κ2) is 51.0. The van der Waals surface area contributed by atoms with Crippen LogP contribution in [0.4, 0.5) is 0 Å². The van der Waals surface area contributed by atoms with Crippen molar-refractivity contribution in [3.05, 3.63) is 97.2 Å². The van der Waals surface area contributed by atoms with E-state index in [1.54, 1.807) is 0 Å². The van der Waals surface area contributed by atoms with E-state index >= 15 is 0 Å². The monoisotopic (exact) mass is 875 g/mol. The molecule has 0 aromatic carbocycles. The van der Waals surface area contributed by atoms with Crippen molar-refractivity contribution in [3.8, 4) is 0 Å². The van der Waals surface area contributed by atoms with E-state index in [2.05, 4.69) is 81.5 Å². The minimum Gasteiger partial charge on any atom is -0.462 e. The largest absolute Gasteiger partial charge is 0.462 e. The highest BCUT2D eigenvalue weighted by Crippen LogP contribution is 2.13. The Morgan fingerprint density at radius 2 is 0.698 bits per heavy atom. The number of carbonyl (C=O) groups is 3. The maximum absolute atomic E-state index is 12.8. The van der Waals surface area contributed by atoms with E-state index in [9.17, 15) is 14.4 Å². The molecule has 0 rings (SSSR count). The van der Waals surface area contributed by atoms with Crippen molar-refractivity contribution < 1.29 is 28.6 Å². The molecule has 1 unspecified atom stereocenters. The van der Waals surface area contributed by atoms with Gasteiger partial charge in [0.25, 0.3) is 0 Å². The third kappa shape index (κ3) is 49.2. The minimum atomic E-state index is -0.816. The Hall–Kier alpha value is -3.67. The Balaban J connectivity index is 4.53. The highest BCUT2D eigenvalue weighted by molar-refractivity contribution is 5.71. The third-order valence-corrected chi connectivity index (χ3v) is 10.6. The van der Waals surface area contributed by atoms with E-state index in [1.165, 1.54) is 109 Å². The summed E-state index contributed by atoms with van der Waals surface area (Å²) in [7, 11) is 0. The molecule has 0 radical (unpaired) electrons. The second-order valence-corrected chi connectivity index (χ2v) is 16.8. The molecule has 63 heavy (non-hydrogen) atoms. The second-order valence-electron chi connectivity index (χ2n) is 16.8. The van der Waals surface area contributed by atoms with Gasteiger partial charge in [-0.15, -0.1) is 0 Å². The van der Waals surface area contributed by atoms with Gasteiger partial charge < -0.3 is 14.2 Å². The normalized spacial score (nSPS) is 12.9. The molecular formula is C57H94O6. The summed E-state index contributed by atoms with van der Waals surface area (Å²) in [4.78, 5) is 37.9. The molecule has 0 fully saturated rings. The Morgan fingerprint density at radius 3 is 1.22 bits per heavy atom. The van der Waals surface area contributed by atoms with E-state index in [1.807, 2.05) is 36.5 Å². The molecule has 0 aromatic heterocycles. The number of carbonyl (C=O) groups excluding carboxylic acids is 3. The molecule has 0 aliphatic rings. The van der Waals surface area contributed by atoms with Crippen molar-refractivity contribution in [3.63, 3.8) is 0 Å². The van der Waals surface area contributed by atoms with Crippen LogP contribution >= 0.6 is 0 Å². The van der Waals surface area contributed by atoms with Gasteiger partial charge in [0, 0.05) is 19.3 Å². The number of allylic oxidation sites excluding steroid dienone is 16. The highest BCUT2D eigenvalue weighted by atomic mass is 16.6. The predicted octanol–water partition coefficient (Wildman–Crippen LogP) is 17.0. The maximum atomic E-state index is 12.8. The predicted molar refractivity (Wildman–Crippen MR) is 270 cm³/mol. The molecule has 0 bridgehead atoms. The van der Waals surface area contributed by atoms with Crippen molar-refractivity contribution >= 4 is 17.9 Å². The average molecular weight is 875 g/mol. The third-order valence-electron chi connectivity index (χ3n) is 10.6. The summed E-state index contributed by atoms with van der Waals surface area (Å²) in [6.45, 7) is 6.38. The van der Waals surface area contributed by atoms with Crippen LogP contribution in [-0.2, 0) is 28.6 Å². The van der Waals surface area contributed by atoms with Crippen LogP contribution in [0.2, 0.25) is 0 Å². The number of hydrogen-bond donors (Lipinski definition) is 0. The van der Waals surface area contributed by atoms with Gasteiger partial charge in [-0.3, -0.25) is 14.4 Å². The molecule has 0 saturated heterocycles. The van der Waals surface area contributed by atoms with Gasteiger partial charge in [0.15, 0.2) is 6.10 Å². The summed E-state index contributed by atoms with van der Waals surface area (Å²) in [5, 5.41) is 0. The number of hydrogen-bond acceptors (Lipinski definition) is 6. The van der Waals surface area contributed by atoms with Crippen molar-refractivity contribution in [2.24, 2.45) is 0 Å². The molecule has 0 aromatic rings. The Kier molecular flexibility index (Phi) is 48.0. The first-order valence-corrected chi connectivity index (χ1v) is 25.8. The summed E-state index contributed by atoms with van der Waals surface area (Å²) in [6.07, 6.45) is 66.8. The first-order valence-electron chi connectivity index (χ1n) is 25.8. The zero-order valence-electron chi connectivity index (χ0n) is 40.8. The van der Waals surface area contributed by atoms with E-state index in [-0.39, 0.29) is 37.5 Å². The lowest BCUT2D eigenvalue weighted by molar-refractivity contribution is -0.167. The van der Waals surface area contributed by atoms with Crippen LogP contribution in [0.15, 0.2) is 97.2 Å². The van der Waals surface area contributed by atoms with E-state index in [4.69, 9.17) is 14.2 Å². The summed E-state index contributed by atoms with van der Waals surface area (Å²) in [5.41, 5.74) is 0. The van der Waals surface area contributed by atoms with Crippen molar-refractivity contribution in [1.82, 2.24) is 0 Å². The lowest BCUT2D eigenvalue weighted by Crippen LogP contribution is -2.30. The van der Waals surface area contributed by atoms with Gasteiger partial charge in [-0.25, -0.2) is 0 Å². The van der Waals surface area contributed by atoms with Gasteiger partial charge >= 0.3 is 17.9 Å².